The van der Waals surface area contributed by atoms with Gasteiger partial charge in [0.1, 0.15) is 12.2 Å². The summed E-state index contributed by atoms with van der Waals surface area (Å²) in [7, 11) is 0. The van der Waals surface area contributed by atoms with Gasteiger partial charge in [-0.05, 0) is 6.92 Å². The Kier molecular flexibility index (Phi) is 1.21. The summed E-state index contributed by atoms with van der Waals surface area (Å²) in [6.07, 6.45) is 3.39. The van der Waals surface area contributed by atoms with E-state index in [1.807, 2.05) is 13.0 Å². The molecule has 0 aliphatic heterocycles. The van der Waals surface area contributed by atoms with E-state index in [9.17, 15) is 0 Å². The van der Waals surface area contributed by atoms with Crippen LogP contribution in [-0.2, 0) is 0 Å². The Hall–Kier alpha value is -1.65. The fourth-order valence-electron chi connectivity index (χ4n) is 0.904. The molecule has 0 spiro atoms. The maximum atomic E-state index is 3.98. The topological polar surface area (TPSA) is 59.4 Å². The lowest BCUT2D eigenvalue weighted by atomic mass is 10.6. The van der Waals surface area contributed by atoms with Crippen LogP contribution in [-0.4, -0.2) is 25.0 Å². The zero-order valence-corrected chi connectivity index (χ0v) is 6.02. The van der Waals surface area contributed by atoms with Crippen LogP contribution in [0, 0.1) is 6.92 Å². The third kappa shape index (κ3) is 0.899. The van der Waals surface area contributed by atoms with Gasteiger partial charge in [-0.3, -0.25) is 9.67 Å². The van der Waals surface area contributed by atoms with Gasteiger partial charge in [0.25, 0.3) is 0 Å². The van der Waals surface area contributed by atoms with Gasteiger partial charge < -0.3 is 0 Å². The number of nitrogens with zero attached hydrogens (tertiary/aromatic N) is 4. The maximum Gasteiger partial charge on any atom is 0.161 e. The van der Waals surface area contributed by atoms with E-state index in [0.29, 0.717) is 0 Å². The third-order valence-electron chi connectivity index (χ3n) is 1.45. The standard InChI is InChI=1S/C6H7N5/c1-5-9-8-4-11(5)6-2-3-7-10-6/h2-4H,1H3,(H,7,10). The molecule has 5 heteroatoms. The van der Waals surface area contributed by atoms with Crippen molar-refractivity contribution in [1.82, 2.24) is 25.0 Å². The van der Waals surface area contributed by atoms with Crippen LogP contribution in [0.1, 0.15) is 5.82 Å². The van der Waals surface area contributed by atoms with Gasteiger partial charge in [0.2, 0.25) is 0 Å². The molecular weight excluding hydrogens is 142 g/mol. The van der Waals surface area contributed by atoms with Crippen LogP contribution in [0.3, 0.4) is 0 Å². The van der Waals surface area contributed by atoms with Gasteiger partial charge in [-0.25, -0.2) is 0 Å². The zero-order chi connectivity index (χ0) is 7.68. The quantitative estimate of drug-likeness (QED) is 0.634. The summed E-state index contributed by atoms with van der Waals surface area (Å²) in [5.74, 6) is 1.64. The Balaban J connectivity index is 2.53. The summed E-state index contributed by atoms with van der Waals surface area (Å²) in [6, 6.07) is 1.86. The van der Waals surface area contributed by atoms with Crippen LogP contribution in [0.5, 0.6) is 0 Å². The first kappa shape index (κ1) is 6.09. The number of rotatable bonds is 1. The van der Waals surface area contributed by atoms with Gasteiger partial charge in [0, 0.05) is 12.3 Å². The molecule has 2 aromatic heterocycles. The van der Waals surface area contributed by atoms with Crippen molar-refractivity contribution in [2.75, 3.05) is 0 Å². The van der Waals surface area contributed by atoms with Crippen LogP contribution in [0.2, 0.25) is 0 Å². The lowest BCUT2D eigenvalue weighted by molar-refractivity contribution is 0.911. The maximum absolute atomic E-state index is 3.98. The highest BCUT2D eigenvalue weighted by Gasteiger charge is 2.00. The molecule has 2 heterocycles. The second-order valence-electron chi connectivity index (χ2n) is 2.18. The lowest BCUT2D eigenvalue weighted by Crippen LogP contribution is -1.95. The van der Waals surface area contributed by atoms with Crippen molar-refractivity contribution in [3.63, 3.8) is 0 Å². The normalized spacial score (nSPS) is 10.3. The molecule has 0 amide bonds. The van der Waals surface area contributed by atoms with Gasteiger partial charge in [-0.1, -0.05) is 0 Å². The Bertz CT molecular complexity index is 333. The minimum Gasteiger partial charge on any atom is -0.284 e. The monoisotopic (exact) mass is 149 g/mol. The van der Waals surface area contributed by atoms with Crippen molar-refractivity contribution < 1.29 is 0 Å². The van der Waals surface area contributed by atoms with E-state index in [-0.39, 0.29) is 0 Å². The molecule has 2 rings (SSSR count). The molecule has 0 saturated heterocycles. The number of hydrogen-bond donors (Lipinski definition) is 1. The number of aryl methyl sites for hydroxylation is 1. The Morgan fingerprint density at radius 1 is 1.55 bits per heavy atom. The number of nitrogens with one attached hydrogen (secondary N) is 1. The van der Waals surface area contributed by atoms with Gasteiger partial charge >= 0.3 is 0 Å². The molecule has 0 aliphatic carbocycles. The van der Waals surface area contributed by atoms with Crippen LogP contribution in [0.4, 0.5) is 0 Å². The summed E-state index contributed by atoms with van der Waals surface area (Å²) in [5, 5.41) is 14.3. The number of aromatic amines is 1. The minimum atomic E-state index is 0.813. The third-order valence-corrected chi connectivity index (χ3v) is 1.45. The first-order valence-corrected chi connectivity index (χ1v) is 3.25. The molecule has 0 fully saturated rings. The number of hydrogen-bond acceptors (Lipinski definition) is 3. The average Bonchev–Trinajstić information content (AvgIpc) is 2.55. The summed E-state index contributed by atoms with van der Waals surface area (Å²) >= 11 is 0. The van der Waals surface area contributed by atoms with Gasteiger partial charge in [0.15, 0.2) is 5.82 Å². The number of aromatic nitrogens is 5. The van der Waals surface area contributed by atoms with Gasteiger partial charge in [-0.2, -0.15) is 5.10 Å². The first-order valence-electron chi connectivity index (χ1n) is 3.25. The van der Waals surface area contributed by atoms with Crippen molar-refractivity contribution >= 4 is 0 Å². The zero-order valence-electron chi connectivity index (χ0n) is 6.02. The number of H-pyrrole nitrogens is 1. The summed E-state index contributed by atoms with van der Waals surface area (Å²) in [5.41, 5.74) is 0. The minimum absolute atomic E-state index is 0.813. The summed E-state index contributed by atoms with van der Waals surface area (Å²) in [6.45, 7) is 1.88. The largest absolute Gasteiger partial charge is 0.284 e. The molecule has 0 aliphatic rings. The molecule has 56 valence electrons. The van der Waals surface area contributed by atoms with Crippen LogP contribution < -0.4 is 0 Å². The van der Waals surface area contributed by atoms with Crippen LogP contribution in [0.15, 0.2) is 18.6 Å². The Labute approximate surface area is 63.1 Å². The van der Waals surface area contributed by atoms with E-state index < -0.39 is 0 Å². The van der Waals surface area contributed by atoms with Crippen LogP contribution >= 0.6 is 0 Å². The Morgan fingerprint density at radius 2 is 2.45 bits per heavy atom. The molecule has 0 radical (unpaired) electrons. The fourth-order valence-corrected chi connectivity index (χ4v) is 0.904. The molecule has 0 aromatic carbocycles. The smallest absolute Gasteiger partial charge is 0.161 e. The molecule has 0 atom stereocenters. The SMILES string of the molecule is Cc1nncn1-c1cc[nH]n1. The van der Waals surface area contributed by atoms with E-state index in [4.69, 9.17) is 0 Å². The van der Waals surface area contributed by atoms with E-state index in [1.165, 1.54) is 0 Å². The van der Waals surface area contributed by atoms with Crippen molar-refractivity contribution in [1.29, 1.82) is 0 Å². The van der Waals surface area contributed by atoms with E-state index >= 15 is 0 Å². The molecule has 1 N–H and O–H groups in total. The highest BCUT2D eigenvalue weighted by Crippen LogP contribution is 2.02. The molecule has 0 bridgehead atoms. The van der Waals surface area contributed by atoms with Crippen molar-refractivity contribution in [2.45, 2.75) is 6.92 Å². The van der Waals surface area contributed by atoms with Gasteiger partial charge in [-0.15, -0.1) is 10.2 Å². The molecule has 2 aromatic rings. The lowest BCUT2D eigenvalue weighted by Gasteiger charge is -1.94. The molecular formula is C6H7N5. The second kappa shape index (κ2) is 2.19. The highest BCUT2D eigenvalue weighted by atomic mass is 15.3. The molecule has 0 unspecified atom stereocenters. The summed E-state index contributed by atoms with van der Waals surface area (Å²) < 4.78 is 1.80. The van der Waals surface area contributed by atoms with E-state index in [1.54, 1.807) is 17.1 Å². The predicted octanol–water partition coefficient (Wildman–Crippen LogP) is 0.299. The van der Waals surface area contributed by atoms with E-state index in [2.05, 4.69) is 20.4 Å². The summed E-state index contributed by atoms with van der Waals surface area (Å²) in [4.78, 5) is 0. The molecule has 0 saturated carbocycles. The van der Waals surface area contributed by atoms with E-state index in [0.717, 1.165) is 11.6 Å². The van der Waals surface area contributed by atoms with Crippen molar-refractivity contribution in [3.8, 4) is 5.82 Å². The predicted molar refractivity (Wildman–Crippen MR) is 38.2 cm³/mol. The van der Waals surface area contributed by atoms with Gasteiger partial charge in [0.05, 0.1) is 0 Å². The molecule has 5 nitrogen and oxygen atoms in total. The van der Waals surface area contributed by atoms with Crippen molar-refractivity contribution in [2.24, 2.45) is 0 Å². The Morgan fingerprint density at radius 3 is 3.00 bits per heavy atom. The average molecular weight is 149 g/mol. The molecule has 11 heavy (non-hydrogen) atoms. The van der Waals surface area contributed by atoms with Crippen molar-refractivity contribution in [3.05, 3.63) is 24.4 Å². The highest BCUT2D eigenvalue weighted by molar-refractivity contribution is 5.19. The first-order chi connectivity index (χ1) is 5.38. The van der Waals surface area contributed by atoms with Crippen LogP contribution in [0.25, 0.3) is 5.82 Å². The fraction of sp³-hybridized carbons (Fsp3) is 0.167. The second-order valence-corrected chi connectivity index (χ2v) is 2.18.